The van der Waals surface area contributed by atoms with Gasteiger partial charge in [-0.15, -0.1) is 18.2 Å². The summed E-state index contributed by atoms with van der Waals surface area (Å²) in [7, 11) is 0. The minimum atomic E-state index is -2.30. The average molecular weight is 891 g/mol. The van der Waals surface area contributed by atoms with Gasteiger partial charge in [0.2, 0.25) is 0 Å². The van der Waals surface area contributed by atoms with Gasteiger partial charge in [0.15, 0.2) is 0 Å². The molecule has 0 amide bonds. The fourth-order valence-electron chi connectivity index (χ4n) is 6.22. The fourth-order valence-corrected chi connectivity index (χ4v) is 9.80. The molecule has 8 aromatic rings. The minimum Gasteiger partial charge on any atom is -0.501 e. The van der Waals surface area contributed by atoms with Crippen molar-refractivity contribution in [1.29, 1.82) is 0 Å². The Balaban J connectivity index is 0.000000226. The van der Waals surface area contributed by atoms with Crippen molar-refractivity contribution in [3.8, 4) is 44.8 Å². The second-order valence-corrected chi connectivity index (χ2v) is 23.7. The summed E-state index contributed by atoms with van der Waals surface area (Å²) in [5, 5.41) is 1.93. The molecule has 3 heterocycles. The van der Waals surface area contributed by atoms with Gasteiger partial charge >= 0.3 is 106 Å². The number of nitrogens with zero attached hydrogens (tertiary/aromatic N) is 2. The summed E-state index contributed by atoms with van der Waals surface area (Å²) in [5.41, 5.74) is 9.89. The quantitative estimate of drug-likeness (QED) is 0.128. The van der Waals surface area contributed by atoms with Gasteiger partial charge in [0.25, 0.3) is 0 Å². The molecule has 50 heavy (non-hydrogen) atoms. The Kier molecular flexibility index (Phi) is 9.48. The summed E-state index contributed by atoms with van der Waals surface area (Å²) < 4.78 is 32.3. The Bertz CT molecular complexity index is 2500. The van der Waals surface area contributed by atoms with Gasteiger partial charge in [-0.2, -0.15) is 0 Å². The van der Waals surface area contributed by atoms with Gasteiger partial charge in [-0.1, -0.05) is 89.8 Å². The Labute approximate surface area is 315 Å². The number of hydrogen-bond donors (Lipinski definition) is 0. The van der Waals surface area contributed by atoms with Gasteiger partial charge in [0.05, 0.1) is 5.58 Å². The zero-order chi connectivity index (χ0) is 36.5. The van der Waals surface area contributed by atoms with Crippen LogP contribution in [0.3, 0.4) is 0 Å². The van der Waals surface area contributed by atoms with Crippen LogP contribution in [0.25, 0.3) is 66.7 Å². The summed E-state index contributed by atoms with van der Waals surface area (Å²) in [6, 6.07) is 47.9. The molecule has 3 nitrogen and oxygen atoms in total. The molecular weight excluding hydrogens is 849 g/mol. The van der Waals surface area contributed by atoms with Gasteiger partial charge in [-0.3, -0.25) is 0 Å². The molecule has 0 saturated heterocycles. The zero-order valence-electron chi connectivity index (χ0n) is 31.4. The van der Waals surface area contributed by atoms with E-state index in [0.29, 0.717) is 22.4 Å². The van der Waals surface area contributed by atoms with E-state index in [2.05, 4.69) is 88.9 Å². The SMILES string of the molecule is Cc1cc(-c2[c-]cccc2)nc[c]1[Ge]([CH3])([CH3])[CH3].[2H]C([2H])([2H])c1cc(-c2[c-]ccc3c2oc2cc(-c4ccccc4)ccc23)ncc1-c1ccccc1.[Ir]. The smallest absolute Gasteiger partial charge is 0.121 e. The van der Waals surface area contributed by atoms with E-state index < -0.39 is 20.1 Å². The first-order valence-corrected chi connectivity index (χ1v) is 23.7. The van der Waals surface area contributed by atoms with E-state index >= 15 is 0 Å². The summed E-state index contributed by atoms with van der Waals surface area (Å²) >= 11 is -1.77. The van der Waals surface area contributed by atoms with E-state index in [9.17, 15) is 0 Å². The number of furan rings is 1. The monoisotopic (exact) mass is 892 g/mol. The van der Waals surface area contributed by atoms with E-state index in [0.717, 1.165) is 44.3 Å². The number of pyridine rings is 2. The molecule has 0 unspecified atom stereocenters. The largest absolute Gasteiger partial charge is 0.501 e. The Morgan fingerprint density at radius 2 is 1.34 bits per heavy atom. The van der Waals surface area contributed by atoms with Crippen molar-refractivity contribution in [1.82, 2.24) is 9.97 Å². The maximum absolute atomic E-state index is 8.15. The summed E-state index contributed by atoms with van der Waals surface area (Å²) in [4.78, 5) is 9.24. The second-order valence-electron chi connectivity index (χ2n) is 13.2. The molecule has 5 heteroatoms. The maximum atomic E-state index is 8.15. The van der Waals surface area contributed by atoms with Crippen LogP contribution in [-0.2, 0) is 20.1 Å². The molecule has 0 atom stereocenters. The Morgan fingerprint density at radius 3 is 2.02 bits per heavy atom. The molecule has 3 aromatic heterocycles. The van der Waals surface area contributed by atoms with Crippen molar-refractivity contribution in [2.45, 2.75) is 31.0 Å². The van der Waals surface area contributed by atoms with Crippen LogP contribution in [0.5, 0.6) is 0 Å². The summed E-state index contributed by atoms with van der Waals surface area (Å²) in [5.74, 6) is 7.20. The van der Waals surface area contributed by atoms with Crippen LogP contribution < -0.4 is 4.40 Å². The van der Waals surface area contributed by atoms with Crippen LogP contribution in [0.15, 0.2) is 144 Å². The zero-order valence-corrected chi connectivity index (χ0v) is 32.9. The third kappa shape index (κ3) is 7.44. The number of rotatable bonds is 5. The Hall–Kier alpha value is -4.61. The molecule has 0 aliphatic heterocycles. The first-order valence-electron chi connectivity index (χ1n) is 17.9. The predicted octanol–water partition coefficient (Wildman–Crippen LogP) is 11.5. The van der Waals surface area contributed by atoms with Crippen LogP contribution in [0.2, 0.25) is 17.3 Å². The van der Waals surface area contributed by atoms with Gasteiger partial charge < -0.3 is 9.40 Å². The molecular formula is C45H38GeIrN2O-2. The molecule has 8 rings (SSSR count). The van der Waals surface area contributed by atoms with Crippen LogP contribution in [0.4, 0.5) is 0 Å². The average Bonchev–Trinajstić information content (AvgIpc) is 3.53. The van der Waals surface area contributed by atoms with Crippen molar-refractivity contribution in [2.75, 3.05) is 0 Å². The normalized spacial score (nSPS) is 12.3. The molecule has 249 valence electrons. The van der Waals surface area contributed by atoms with Crippen LogP contribution in [0, 0.1) is 25.9 Å². The van der Waals surface area contributed by atoms with E-state index in [1.807, 2.05) is 84.9 Å². The molecule has 0 N–H and O–H groups in total. The molecule has 1 radical (unpaired) electrons. The molecule has 0 aliphatic carbocycles. The predicted molar refractivity (Wildman–Crippen MR) is 208 cm³/mol. The number of fused-ring (bicyclic) bond motifs is 3. The fraction of sp³-hybridized carbons (Fsp3) is 0.111. The number of hydrogen-bond acceptors (Lipinski definition) is 3. The van der Waals surface area contributed by atoms with Crippen LogP contribution in [-0.4, -0.2) is 23.2 Å². The van der Waals surface area contributed by atoms with E-state index in [1.54, 1.807) is 12.3 Å². The maximum Gasteiger partial charge on any atom is 0.121 e. The summed E-state index contributed by atoms with van der Waals surface area (Å²) in [6.45, 7) is -0.102. The van der Waals surface area contributed by atoms with Gasteiger partial charge in [0.1, 0.15) is 5.58 Å². The number of benzene rings is 5. The van der Waals surface area contributed by atoms with Crippen molar-refractivity contribution in [3.63, 3.8) is 0 Å². The van der Waals surface area contributed by atoms with Gasteiger partial charge in [-0.25, -0.2) is 0 Å². The minimum absolute atomic E-state index is 0. The van der Waals surface area contributed by atoms with Crippen LogP contribution >= 0.6 is 0 Å². The molecule has 5 aromatic carbocycles. The Morgan fingerprint density at radius 1 is 0.640 bits per heavy atom. The first-order chi connectivity index (χ1) is 25.0. The summed E-state index contributed by atoms with van der Waals surface area (Å²) in [6.07, 6.45) is 3.71. The molecule has 0 spiro atoms. The van der Waals surface area contributed by atoms with Gasteiger partial charge in [0, 0.05) is 41.4 Å². The molecule has 0 fully saturated rings. The van der Waals surface area contributed by atoms with Crippen molar-refractivity contribution < 1.29 is 28.6 Å². The van der Waals surface area contributed by atoms with E-state index in [-0.39, 0.29) is 25.7 Å². The first kappa shape index (κ1) is 31.4. The van der Waals surface area contributed by atoms with Crippen molar-refractivity contribution in [3.05, 3.63) is 163 Å². The number of aryl methyl sites for hydroxylation is 2. The topological polar surface area (TPSA) is 38.9 Å². The molecule has 0 aliphatic rings. The second kappa shape index (κ2) is 15.1. The molecule has 0 bridgehead atoms. The molecule has 0 saturated carbocycles. The van der Waals surface area contributed by atoms with Crippen molar-refractivity contribution in [2.24, 2.45) is 0 Å². The van der Waals surface area contributed by atoms with E-state index in [4.69, 9.17) is 8.53 Å². The van der Waals surface area contributed by atoms with Crippen molar-refractivity contribution >= 4 is 39.6 Å². The number of aromatic nitrogens is 2. The standard InChI is InChI=1S/C30H20NO.C15H18GeN.Ir/c1-20-17-28(31-19-27(20)22-11-6-3-7-12-22)26-14-8-13-25-24-16-15-23(18-29(24)32-30(25)26)21-9-4-2-5-10-21;1-12-10-15(13-8-6-5-7-9-13)17-11-14(12)16(2,3)4;/h2-13,15-19H,1H3;5-8,10-11H,1-4H3;/q2*-1;/i1D3;;. The third-order valence-electron chi connectivity index (χ3n) is 8.69. The van der Waals surface area contributed by atoms with Gasteiger partial charge in [-0.05, 0) is 40.9 Å². The third-order valence-corrected chi connectivity index (χ3v) is 13.2. The van der Waals surface area contributed by atoms with E-state index in [1.165, 1.54) is 9.96 Å². The van der Waals surface area contributed by atoms with Crippen LogP contribution in [0.1, 0.15) is 15.2 Å².